The van der Waals surface area contributed by atoms with Crippen molar-refractivity contribution in [3.8, 4) is 10.4 Å². The van der Waals surface area contributed by atoms with Crippen molar-refractivity contribution in [1.29, 1.82) is 0 Å². The fourth-order valence-electron chi connectivity index (χ4n) is 3.19. The minimum Gasteiger partial charge on any atom is -0.368 e. The van der Waals surface area contributed by atoms with Crippen LogP contribution in [0.4, 0.5) is 4.79 Å². The number of primary amides is 1. The molecule has 1 unspecified atom stereocenters. The maximum atomic E-state index is 12.4. The maximum absolute atomic E-state index is 12.4. The van der Waals surface area contributed by atoms with Crippen molar-refractivity contribution in [3.05, 3.63) is 41.0 Å². The molecule has 4 heterocycles. The molecule has 3 N–H and O–H groups in total. The Bertz CT molecular complexity index is 1010. The number of thiophene rings is 1. The molecule has 0 aromatic carbocycles. The van der Waals surface area contributed by atoms with Gasteiger partial charge in [-0.05, 0) is 17.7 Å². The summed E-state index contributed by atoms with van der Waals surface area (Å²) >= 11 is 1.27. The Morgan fingerprint density at radius 3 is 2.85 bits per heavy atom. The predicted molar refractivity (Wildman–Crippen MR) is 88.8 cm³/mol. The van der Waals surface area contributed by atoms with Crippen molar-refractivity contribution in [2.75, 3.05) is 6.54 Å². The number of aromatic nitrogens is 1. The first kappa shape index (κ1) is 16.9. The summed E-state index contributed by atoms with van der Waals surface area (Å²) in [6, 6.07) is 2.64. The van der Waals surface area contributed by atoms with Gasteiger partial charge in [0.15, 0.2) is 0 Å². The highest BCUT2D eigenvalue weighted by Crippen LogP contribution is 2.49. The lowest BCUT2D eigenvalue weighted by atomic mass is 9.98. The highest BCUT2D eigenvalue weighted by Gasteiger charge is 2.52. The third-order valence-corrected chi connectivity index (χ3v) is 5.79. The Labute approximate surface area is 151 Å². The first-order valence-electron chi connectivity index (χ1n) is 7.36. The first-order valence-corrected chi connectivity index (χ1v) is 9.54. The zero-order valence-electron chi connectivity index (χ0n) is 13.0. The molecule has 12 heteroatoms. The van der Waals surface area contributed by atoms with E-state index in [-0.39, 0.29) is 6.54 Å². The number of nitrogens with two attached hydrogens (primary N) is 1. The molecule has 3 amide bonds. The van der Waals surface area contributed by atoms with Crippen LogP contribution in [0.1, 0.15) is 22.5 Å². The summed E-state index contributed by atoms with van der Waals surface area (Å²) in [6.45, 7) is 0.0121. The Kier molecular flexibility index (Phi) is 3.73. The van der Waals surface area contributed by atoms with Crippen LogP contribution in [0.3, 0.4) is 0 Å². The molecule has 1 saturated heterocycles. The molecule has 2 aromatic rings. The van der Waals surface area contributed by atoms with Gasteiger partial charge in [0.1, 0.15) is 12.1 Å². The molecule has 0 radical (unpaired) electrons. The number of carbonyl (C=O) groups excluding carboxylic acids is 2. The molecule has 26 heavy (non-hydrogen) atoms. The largest absolute Gasteiger partial charge is 0.418 e. The standard InChI is InChI=1S/C14H12N4O6S2/c15-13(19)11-12-8(4-10(25-12)7-2-1-3-16-5-7)9-6-17(11)14(20)18(9)24-26(21,22)23/h1-5,9,11H,6H2,(H2,15,19)(H,21,22,23)/t9-,11?/m1/s1. The Morgan fingerprint density at radius 1 is 1.46 bits per heavy atom. The van der Waals surface area contributed by atoms with Crippen LogP contribution >= 0.6 is 11.3 Å². The number of fused-ring (bicyclic) bond motifs is 4. The molecule has 2 aromatic heterocycles. The van der Waals surface area contributed by atoms with Gasteiger partial charge in [0.2, 0.25) is 5.91 Å². The smallest absolute Gasteiger partial charge is 0.368 e. The predicted octanol–water partition coefficient (Wildman–Crippen LogP) is 0.863. The zero-order chi connectivity index (χ0) is 18.6. The fraction of sp³-hybridized carbons (Fsp3) is 0.214. The normalized spacial score (nSPS) is 21.8. The summed E-state index contributed by atoms with van der Waals surface area (Å²) in [4.78, 5) is 30.9. The van der Waals surface area contributed by atoms with Crippen molar-refractivity contribution < 1.29 is 26.8 Å². The molecule has 2 aliphatic heterocycles. The van der Waals surface area contributed by atoms with Crippen molar-refractivity contribution in [1.82, 2.24) is 14.9 Å². The molecular weight excluding hydrogens is 384 g/mol. The number of urea groups is 1. The second kappa shape index (κ2) is 5.74. The minimum atomic E-state index is -4.91. The molecule has 0 spiro atoms. The van der Waals surface area contributed by atoms with E-state index in [0.29, 0.717) is 15.5 Å². The number of rotatable bonds is 4. The van der Waals surface area contributed by atoms with E-state index in [4.69, 9.17) is 10.3 Å². The minimum absolute atomic E-state index is 0.0121. The van der Waals surface area contributed by atoms with E-state index in [2.05, 4.69) is 9.27 Å². The molecule has 136 valence electrons. The lowest BCUT2D eigenvalue weighted by molar-refractivity contribution is -0.122. The van der Waals surface area contributed by atoms with Gasteiger partial charge in [-0.15, -0.1) is 15.6 Å². The fourth-order valence-corrected chi connectivity index (χ4v) is 4.89. The third kappa shape index (κ3) is 2.63. The van der Waals surface area contributed by atoms with Crippen LogP contribution in [0, 0.1) is 0 Å². The monoisotopic (exact) mass is 396 g/mol. The summed E-state index contributed by atoms with van der Waals surface area (Å²) in [5.41, 5.74) is 6.83. The second-order valence-corrected chi connectivity index (χ2v) is 7.84. The van der Waals surface area contributed by atoms with Crippen LogP contribution in [0.25, 0.3) is 10.4 Å². The van der Waals surface area contributed by atoms with Gasteiger partial charge in [0.05, 0.1) is 6.54 Å². The van der Waals surface area contributed by atoms with Gasteiger partial charge in [-0.25, -0.2) is 4.79 Å². The van der Waals surface area contributed by atoms with Gasteiger partial charge in [-0.3, -0.25) is 14.3 Å². The van der Waals surface area contributed by atoms with E-state index in [0.717, 1.165) is 15.3 Å². The highest BCUT2D eigenvalue weighted by atomic mass is 32.3. The number of carbonyl (C=O) groups is 2. The molecule has 1 fully saturated rings. The SMILES string of the molecule is NC(=O)C1c2sc(-c3cccnc3)cc2[C@H]2CN1C(=O)N2OS(=O)(=O)O. The Morgan fingerprint density at radius 2 is 2.23 bits per heavy atom. The van der Waals surface area contributed by atoms with Gasteiger partial charge >= 0.3 is 16.4 Å². The summed E-state index contributed by atoms with van der Waals surface area (Å²) in [5.74, 6) is -0.744. The van der Waals surface area contributed by atoms with Crippen LogP contribution in [0.5, 0.6) is 0 Å². The van der Waals surface area contributed by atoms with E-state index in [1.165, 1.54) is 11.3 Å². The maximum Gasteiger partial charge on any atom is 0.418 e. The van der Waals surface area contributed by atoms with Crippen LogP contribution in [-0.4, -0.2) is 46.4 Å². The average molecular weight is 396 g/mol. The van der Waals surface area contributed by atoms with E-state index < -0.39 is 34.4 Å². The first-order chi connectivity index (χ1) is 12.3. The number of hydroxylamine groups is 2. The van der Waals surface area contributed by atoms with Crippen molar-refractivity contribution in [2.24, 2.45) is 5.73 Å². The number of hydrogen-bond donors (Lipinski definition) is 2. The van der Waals surface area contributed by atoms with E-state index in [1.54, 1.807) is 24.5 Å². The lowest BCUT2D eigenvalue weighted by Crippen LogP contribution is -2.41. The van der Waals surface area contributed by atoms with Gasteiger partial charge in [0, 0.05) is 27.7 Å². The lowest BCUT2D eigenvalue weighted by Gasteiger charge is -2.27. The molecule has 2 atom stereocenters. The number of hydrogen-bond acceptors (Lipinski definition) is 7. The summed E-state index contributed by atoms with van der Waals surface area (Å²) in [5, 5.41) is 0.552. The summed E-state index contributed by atoms with van der Waals surface area (Å²) in [6.07, 6.45) is 3.27. The van der Waals surface area contributed by atoms with Crippen LogP contribution < -0.4 is 5.73 Å². The quantitative estimate of drug-likeness (QED) is 0.730. The van der Waals surface area contributed by atoms with Crippen molar-refractivity contribution >= 4 is 33.7 Å². The third-order valence-electron chi connectivity index (χ3n) is 4.19. The topological polar surface area (TPSA) is 143 Å². The van der Waals surface area contributed by atoms with Crippen molar-refractivity contribution in [2.45, 2.75) is 12.1 Å². The van der Waals surface area contributed by atoms with Crippen LogP contribution in [0.15, 0.2) is 30.6 Å². The van der Waals surface area contributed by atoms with Crippen LogP contribution in [-0.2, 0) is 19.5 Å². The molecular formula is C14H12N4O6S2. The number of pyridine rings is 1. The zero-order valence-corrected chi connectivity index (χ0v) is 14.6. The molecule has 4 rings (SSSR count). The Hall–Kier alpha value is -2.54. The van der Waals surface area contributed by atoms with Crippen LogP contribution in [0.2, 0.25) is 0 Å². The number of nitrogens with zero attached hydrogens (tertiary/aromatic N) is 3. The number of amides is 3. The summed E-state index contributed by atoms with van der Waals surface area (Å²) in [7, 11) is -4.91. The van der Waals surface area contributed by atoms with Crippen molar-refractivity contribution in [3.63, 3.8) is 0 Å². The summed E-state index contributed by atoms with van der Waals surface area (Å²) < 4.78 is 35.6. The molecule has 0 aliphatic carbocycles. The average Bonchev–Trinajstić information content (AvgIpc) is 3.12. The molecule has 10 nitrogen and oxygen atoms in total. The van der Waals surface area contributed by atoms with E-state index >= 15 is 0 Å². The molecule has 2 aliphatic rings. The Balaban J connectivity index is 1.84. The van der Waals surface area contributed by atoms with Gasteiger partial charge < -0.3 is 10.6 Å². The van der Waals surface area contributed by atoms with Gasteiger partial charge in [0.25, 0.3) is 0 Å². The van der Waals surface area contributed by atoms with E-state index in [9.17, 15) is 18.0 Å². The van der Waals surface area contributed by atoms with E-state index in [1.807, 2.05) is 6.07 Å². The molecule has 2 bridgehead atoms. The van der Waals surface area contributed by atoms with Gasteiger partial charge in [-0.1, -0.05) is 6.07 Å². The highest BCUT2D eigenvalue weighted by molar-refractivity contribution is 7.80. The second-order valence-electron chi connectivity index (χ2n) is 5.76. The van der Waals surface area contributed by atoms with Gasteiger partial charge in [-0.2, -0.15) is 13.5 Å². The molecule has 0 saturated carbocycles.